The molecule has 1 atom stereocenters. The number of amides is 1. The zero-order valence-corrected chi connectivity index (χ0v) is 6.36. The molecule has 6 heteroatoms. The minimum absolute atomic E-state index is 0.127. The molecule has 1 aliphatic heterocycles. The number of carboxylic acids is 1. The second-order valence-electron chi connectivity index (χ2n) is 2.92. The fourth-order valence-corrected chi connectivity index (χ4v) is 1.17. The molecule has 0 aromatic rings. The lowest BCUT2D eigenvalue weighted by Crippen LogP contribution is -2.50. The van der Waals surface area contributed by atoms with Crippen LogP contribution in [0.5, 0.6) is 0 Å². The maximum absolute atomic E-state index is 10.5. The van der Waals surface area contributed by atoms with E-state index >= 15 is 0 Å². The Labute approximate surface area is 68.6 Å². The van der Waals surface area contributed by atoms with E-state index in [1.807, 2.05) is 0 Å². The molecule has 1 heterocycles. The van der Waals surface area contributed by atoms with Crippen LogP contribution in [-0.4, -0.2) is 45.8 Å². The van der Waals surface area contributed by atoms with Gasteiger partial charge in [-0.05, 0) is 6.42 Å². The summed E-state index contributed by atoms with van der Waals surface area (Å²) in [4.78, 5) is 21.9. The highest BCUT2D eigenvalue weighted by atomic mass is 16.4. The lowest BCUT2D eigenvalue weighted by Gasteiger charge is -2.17. The number of aliphatic carboxylic acids is 1. The topological polar surface area (TPSA) is 104 Å². The van der Waals surface area contributed by atoms with Crippen LogP contribution in [0.2, 0.25) is 0 Å². The van der Waals surface area contributed by atoms with Crippen LogP contribution in [0, 0.1) is 0 Å². The molecule has 0 aromatic carbocycles. The van der Waals surface area contributed by atoms with Crippen molar-refractivity contribution in [3.63, 3.8) is 0 Å². The lowest BCUT2D eigenvalue weighted by molar-refractivity contribution is -0.142. The number of likely N-dealkylation sites (tertiary alicyclic amines) is 1. The highest BCUT2D eigenvalue weighted by molar-refractivity contribution is 5.80. The van der Waals surface area contributed by atoms with Crippen LogP contribution in [0.1, 0.15) is 6.42 Å². The summed E-state index contributed by atoms with van der Waals surface area (Å²) < 4.78 is 0. The molecule has 0 radical (unpaired) electrons. The van der Waals surface area contributed by atoms with Crippen LogP contribution in [0.15, 0.2) is 0 Å². The van der Waals surface area contributed by atoms with Crippen molar-refractivity contribution in [2.75, 3.05) is 13.1 Å². The smallest absolute Gasteiger partial charge is 0.407 e. The summed E-state index contributed by atoms with van der Waals surface area (Å²) in [6.07, 6.45) is -0.946. The summed E-state index contributed by atoms with van der Waals surface area (Å²) in [7, 11) is 0. The molecule has 0 aromatic heterocycles. The van der Waals surface area contributed by atoms with E-state index in [1.165, 1.54) is 0 Å². The van der Waals surface area contributed by atoms with E-state index in [0.717, 1.165) is 4.90 Å². The van der Waals surface area contributed by atoms with Crippen molar-refractivity contribution in [3.05, 3.63) is 0 Å². The molecule has 1 saturated heterocycles. The van der Waals surface area contributed by atoms with Gasteiger partial charge in [0, 0.05) is 6.54 Å². The summed E-state index contributed by atoms with van der Waals surface area (Å²) in [6.45, 7) is 0.0653. The van der Waals surface area contributed by atoms with Gasteiger partial charge in [0.05, 0.1) is 6.54 Å². The number of nitrogens with zero attached hydrogens (tertiary/aromatic N) is 1. The minimum Gasteiger partial charge on any atom is -0.480 e. The number of hydrogen-bond acceptors (Lipinski definition) is 3. The Morgan fingerprint density at radius 1 is 1.42 bits per heavy atom. The van der Waals surface area contributed by atoms with Crippen LogP contribution in [0.4, 0.5) is 4.79 Å². The maximum atomic E-state index is 10.5. The van der Waals surface area contributed by atoms with Crippen LogP contribution < -0.4 is 5.73 Å². The van der Waals surface area contributed by atoms with E-state index in [1.54, 1.807) is 0 Å². The number of nitrogens with two attached hydrogens (primary N) is 1. The van der Waals surface area contributed by atoms with Gasteiger partial charge in [-0.15, -0.1) is 0 Å². The Morgan fingerprint density at radius 2 is 2.00 bits per heavy atom. The first-order valence-electron chi connectivity index (χ1n) is 3.46. The average molecular weight is 174 g/mol. The predicted octanol–water partition coefficient (Wildman–Crippen LogP) is -0.848. The summed E-state index contributed by atoms with van der Waals surface area (Å²) in [5, 5.41) is 17.1. The Kier molecular flexibility index (Phi) is 1.93. The normalized spacial score (nSPS) is 28.9. The first-order valence-corrected chi connectivity index (χ1v) is 3.46. The van der Waals surface area contributed by atoms with Crippen molar-refractivity contribution in [1.82, 2.24) is 4.90 Å². The van der Waals surface area contributed by atoms with Gasteiger partial charge in [0.2, 0.25) is 0 Å². The number of carboxylic acid groups (broad SMARTS) is 2. The molecule has 68 valence electrons. The van der Waals surface area contributed by atoms with Gasteiger partial charge in [-0.3, -0.25) is 4.79 Å². The molecule has 1 amide bonds. The monoisotopic (exact) mass is 174 g/mol. The summed E-state index contributed by atoms with van der Waals surface area (Å²) in [6, 6.07) is 0. The van der Waals surface area contributed by atoms with Gasteiger partial charge >= 0.3 is 12.1 Å². The SMILES string of the molecule is NC1(C(=O)O)CCN(C(=O)O)C1. The van der Waals surface area contributed by atoms with E-state index < -0.39 is 17.6 Å². The number of carbonyl (C=O) groups is 2. The first kappa shape index (κ1) is 8.79. The van der Waals surface area contributed by atoms with Gasteiger partial charge in [0.25, 0.3) is 0 Å². The van der Waals surface area contributed by atoms with Crippen LogP contribution in [-0.2, 0) is 4.79 Å². The minimum atomic E-state index is -1.39. The third kappa shape index (κ3) is 1.33. The fraction of sp³-hybridized carbons (Fsp3) is 0.667. The number of hydrogen-bond donors (Lipinski definition) is 3. The molecule has 1 fully saturated rings. The summed E-state index contributed by atoms with van der Waals surface area (Å²) >= 11 is 0. The molecule has 1 unspecified atom stereocenters. The van der Waals surface area contributed by atoms with Crippen molar-refractivity contribution < 1.29 is 19.8 Å². The van der Waals surface area contributed by atoms with Crippen molar-refractivity contribution >= 4 is 12.1 Å². The van der Waals surface area contributed by atoms with E-state index in [0.29, 0.717) is 0 Å². The zero-order chi connectivity index (χ0) is 9.35. The van der Waals surface area contributed by atoms with Crippen LogP contribution in [0.25, 0.3) is 0 Å². The molecular formula is C6H10N2O4. The quantitative estimate of drug-likeness (QED) is 0.480. The molecule has 4 N–H and O–H groups in total. The van der Waals surface area contributed by atoms with Crippen molar-refractivity contribution in [1.29, 1.82) is 0 Å². The van der Waals surface area contributed by atoms with Crippen LogP contribution in [0.3, 0.4) is 0 Å². The highest BCUT2D eigenvalue weighted by Gasteiger charge is 2.42. The van der Waals surface area contributed by atoms with E-state index in [2.05, 4.69) is 0 Å². The predicted molar refractivity (Wildman–Crippen MR) is 38.8 cm³/mol. The Morgan fingerprint density at radius 3 is 2.25 bits per heavy atom. The Hall–Kier alpha value is -1.30. The largest absolute Gasteiger partial charge is 0.480 e. The Bertz CT molecular complexity index is 230. The fourth-order valence-electron chi connectivity index (χ4n) is 1.17. The van der Waals surface area contributed by atoms with Crippen molar-refractivity contribution in [2.24, 2.45) is 5.73 Å². The lowest BCUT2D eigenvalue weighted by atomic mass is 10.0. The van der Waals surface area contributed by atoms with Crippen molar-refractivity contribution in [3.8, 4) is 0 Å². The average Bonchev–Trinajstić information content (AvgIpc) is 2.33. The van der Waals surface area contributed by atoms with Crippen molar-refractivity contribution in [2.45, 2.75) is 12.0 Å². The third-order valence-corrected chi connectivity index (χ3v) is 2.00. The third-order valence-electron chi connectivity index (χ3n) is 2.00. The van der Waals surface area contributed by atoms with Gasteiger partial charge in [-0.2, -0.15) is 0 Å². The second-order valence-corrected chi connectivity index (χ2v) is 2.92. The molecule has 12 heavy (non-hydrogen) atoms. The second kappa shape index (κ2) is 2.63. The van der Waals surface area contributed by atoms with Gasteiger partial charge in [-0.1, -0.05) is 0 Å². The molecule has 0 saturated carbocycles. The van der Waals surface area contributed by atoms with Gasteiger partial charge in [0.15, 0.2) is 0 Å². The maximum Gasteiger partial charge on any atom is 0.407 e. The first-order chi connectivity index (χ1) is 5.46. The number of rotatable bonds is 1. The van der Waals surface area contributed by atoms with E-state index in [-0.39, 0.29) is 19.5 Å². The van der Waals surface area contributed by atoms with Gasteiger partial charge < -0.3 is 20.8 Å². The van der Waals surface area contributed by atoms with Crippen LogP contribution >= 0.6 is 0 Å². The van der Waals surface area contributed by atoms with Gasteiger partial charge in [-0.25, -0.2) is 4.79 Å². The standard InChI is InChI=1S/C6H10N2O4/c7-6(4(9)10)1-2-8(3-6)5(11)12/h1-3,7H2,(H,9,10)(H,11,12). The van der Waals surface area contributed by atoms with E-state index in [4.69, 9.17) is 15.9 Å². The molecule has 1 aliphatic rings. The summed E-state index contributed by atoms with van der Waals surface area (Å²) in [5.41, 5.74) is 4.04. The zero-order valence-electron chi connectivity index (χ0n) is 6.36. The molecule has 6 nitrogen and oxygen atoms in total. The van der Waals surface area contributed by atoms with E-state index in [9.17, 15) is 9.59 Å². The Balaban J connectivity index is 2.67. The highest BCUT2D eigenvalue weighted by Crippen LogP contribution is 2.18. The summed E-state index contributed by atoms with van der Waals surface area (Å²) in [5.74, 6) is -1.15. The molecule has 0 aliphatic carbocycles. The molecule has 0 bridgehead atoms. The molecule has 0 spiro atoms. The molecular weight excluding hydrogens is 164 g/mol. The van der Waals surface area contributed by atoms with Gasteiger partial charge in [0.1, 0.15) is 5.54 Å². The molecule has 1 rings (SSSR count).